The Hall–Kier alpha value is -2.31. The van der Waals surface area contributed by atoms with Crippen molar-refractivity contribution in [3.05, 3.63) is 53.0 Å². The lowest BCUT2D eigenvalue weighted by Gasteiger charge is -2.39. The molecule has 2 fully saturated rings. The number of hydrogen-bond acceptors (Lipinski definition) is 4. The van der Waals surface area contributed by atoms with Crippen LogP contribution in [0.25, 0.3) is 27.8 Å². The van der Waals surface area contributed by atoms with Gasteiger partial charge in [0.25, 0.3) is 0 Å². The molecule has 2 aliphatic rings. The number of likely N-dealkylation sites (tertiary alicyclic amines) is 1. The van der Waals surface area contributed by atoms with Gasteiger partial charge in [-0.2, -0.15) is 16.9 Å². The molecule has 184 valence electrons. The fourth-order valence-electron chi connectivity index (χ4n) is 6.35. The molecule has 0 aliphatic carbocycles. The number of nitrogens with one attached hydrogen (secondary N) is 1. The van der Waals surface area contributed by atoms with E-state index in [1.54, 1.807) is 0 Å². The molecule has 1 aromatic carbocycles. The normalized spacial score (nSPS) is 18.9. The Kier molecular flexibility index (Phi) is 6.13. The van der Waals surface area contributed by atoms with Crippen LogP contribution in [-0.4, -0.2) is 55.1 Å². The highest BCUT2D eigenvalue weighted by Gasteiger charge is 2.27. The molecule has 2 aliphatic heterocycles. The van der Waals surface area contributed by atoms with Gasteiger partial charge in [0.2, 0.25) is 0 Å². The molecule has 0 amide bonds. The van der Waals surface area contributed by atoms with Gasteiger partial charge in [0.1, 0.15) is 5.82 Å². The van der Waals surface area contributed by atoms with Crippen LogP contribution in [0.4, 0.5) is 0 Å². The van der Waals surface area contributed by atoms with Crippen molar-refractivity contribution in [1.29, 1.82) is 0 Å². The zero-order chi connectivity index (χ0) is 24.1. The molecule has 5 heterocycles. The lowest BCUT2D eigenvalue weighted by molar-refractivity contribution is 0.144. The molecule has 0 radical (unpaired) electrons. The molecule has 1 N–H and O–H groups in total. The number of aromatic nitrogens is 4. The Balaban J connectivity index is 1.32. The minimum atomic E-state index is 0.425. The van der Waals surface area contributed by atoms with Gasteiger partial charge in [0.05, 0.1) is 5.69 Å². The monoisotopic (exact) mass is 487 g/mol. The minimum absolute atomic E-state index is 0.425. The summed E-state index contributed by atoms with van der Waals surface area (Å²) in [7, 11) is 0. The van der Waals surface area contributed by atoms with Crippen molar-refractivity contribution >= 4 is 28.3 Å². The lowest BCUT2D eigenvalue weighted by atomic mass is 9.87. The van der Waals surface area contributed by atoms with Crippen LogP contribution in [0.3, 0.4) is 0 Å². The van der Waals surface area contributed by atoms with Crippen LogP contribution in [0, 0.1) is 13.8 Å². The molecule has 0 saturated carbocycles. The second-order valence-corrected chi connectivity index (χ2v) is 12.1. The summed E-state index contributed by atoms with van der Waals surface area (Å²) in [5.74, 6) is 4.59. The van der Waals surface area contributed by atoms with Crippen LogP contribution >= 0.6 is 11.8 Å². The summed E-state index contributed by atoms with van der Waals surface area (Å²) in [6.07, 6.45) is 7.45. The smallest absolute Gasteiger partial charge is 0.158 e. The summed E-state index contributed by atoms with van der Waals surface area (Å²) < 4.78 is 1.93. The average molecular weight is 488 g/mol. The molecule has 3 aromatic heterocycles. The van der Waals surface area contributed by atoms with E-state index in [0.717, 1.165) is 23.1 Å². The van der Waals surface area contributed by atoms with E-state index in [9.17, 15) is 0 Å². The highest BCUT2D eigenvalue weighted by Crippen LogP contribution is 2.39. The predicted molar refractivity (Wildman–Crippen MR) is 148 cm³/mol. The number of aryl methyl sites for hydroxylation is 2. The van der Waals surface area contributed by atoms with E-state index < -0.39 is 0 Å². The van der Waals surface area contributed by atoms with Gasteiger partial charge in [-0.05, 0) is 111 Å². The van der Waals surface area contributed by atoms with Gasteiger partial charge in [0, 0.05) is 28.7 Å². The third kappa shape index (κ3) is 4.29. The number of nitrogens with zero attached hydrogens (tertiary/aromatic N) is 4. The van der Waals surface area contributed by atoms with E-state index in [-0.39, 0.29) is 0 Å². The van der Waals surface area contributed by atoms with Crippen molar-refractivity contribution in [2.45, 2.75) is 71.3 Å². The zero-order valence-electron chi connectivity index (χ0n) is 21.5. The lowest BCUT2D eigenvalue weighted by Crippen LogP contribution is -2.42. The van der Waals surface area contributed by atoms with E-state index in [2.05, 4.69) is 83.0 Å². The van der Waals surface area contributed by atoms with Gasteiger partial charge in [-0.15, -0.1) is 0 Å². The summed E-state index contributed by atoms with van der Waals surface area (Å²) in [5.41, 5.74) is 8.65. The number of fused-ring (bicyclic) bond motifs is 2. The van der Waals surface area contributed by atoms with Gasteiger partial charge >= 0.3 is 0 Å². The Bertz CT molecular complexity index is 1350. The highest BCUT2D eigenvalue weighted by atomic mass is 32.2. The fourth-order valence-corrected chi connectivity index (χ4v) is 7.43. The zero-order valence-corrected chi connectivity index (χ0v) is 22.3. The number of H-pyrrole nitrogens is 1. The first-order valence-corrected chi connectivity index (χ1v) is 14.4. The third-order valence-electron chi connectivity index (χ3n) is 8.16. The van der Waals surface area contributed by atoms with E-state index in [1.807, 2.05) is 11.4 Å². The summed E-state index contributed by atoms with van der Waals surface area (Å²) in [5, 5.41) is 5.97. The van der Waals surface area contributed by atoms with Crippen LogP contribution in [0.2, 0.25) is 0 Å². The maximum Gasteiger partial charge on any atom is 0.158 e. The van der Waals surface area contributed by atoms with Crippen LogP contribution in [0.5, 0.6) is 0 Å². The van der Waals surface area contributed by atoms with E-state index in [4.69, 9.17) is 0 Å². The van der Waals surface area contributed by atoms with Crippen LogP contribution in [0.15, 0.2) is 30.5 Å². The molecule has 4 aromatic rings. The number of piperidine rings is 1. The molecule has 6 heteroatoms. The maximum atomic E-state index is 4.59. The number of pyridine rings is 1. The van der Waals surface area contributed by atoms with Crippen molar-refractivity contribution in [2.24, 2.45) is 0 Å². The number of hydrogen-bond donors (Lipinski definition) is 1. The minimum Gasteiger partial charge on any atom is -0.354 e. The largest absolute Gasteiger partial charge is 0.354 e. The van der Waals surface area contributed by atoms with E-state index in [1.165, 1.54) is 83.6 Å². The van der Waals surface area contributed by atoms with Gasteiger partial charge in [-0.25, -0.2) is 9.50 Å². The molecule has 0 unspecified atom stereocenters. The summed E-state index contributed by atoms with van der Waals surface area (Å²) in [4.78, 5) is 11.1. The van der Waals surface area contributed by atoms with Crippen molar-refractivity contribution in [1.82, 2.24) is 24.5 Å². The fraction of sp³-hybridized carbons (Fsp3) is 0.517. The van der Waals surface area contributed by atoms with Gasteiger partial charge in [-0.3, -0.25) is 0 Å². The van der Waals surface area contributed by atoms with Crippen molar-refractivity contribution in [3.63, 3.8) is 0 Å². The first kappa shape index (κ1) is 23.1. The van der Waals surface area contributed by atoms with Crippen LogP contribution < -0.4 is 0 Å². The number of rotatable bonds is 4. The Morgan fingerprint density at radius 3 is 2.54 bits per heavy atom. The summed E-state index contributed by atoms with van der Waals surface area (Å²) >= 11 is 2.13. The Morgan fingerprint density at radius 1 is 1.03 bits per heavy atom. The van der Waals surface area contributed by atoms with E-state index >= 15 is 0 Å². The maximum absolute atomic E-state index is 4.59. The third-order valence-corrected chi connectivity index (χ3v) is 9.21. The molecule has 35 heavy (non-hydrogen) atoms. The Morgan fingerprint density at radius 2 is 1.80 bits per heavy atom. The SMILES string of the molecule is Cc1nc2c(C)cc(-c3[nH]c4ccc(C5CCN(C6CCSCC6)CC5)cc4c3C(C)C)cn2n1. The second-order valence-electron chi connectivity index (χ2n) is 10.9. The average Bonchev–Trinajstić information content (AvgIpc) is 3.44. The van der Waals surface area contributed by atoms with Gasteiger partial charge in [-0.1, -0.05) is 19.9 Å². The highest BCUT2D eigenvalue weighted by molar-refractivity contribution is 7.99. The first-order chi connectivity index (χ1) is 17.0. The number of aromatic amines is 1. The molecule has 0 spiro atoms. The predicted octanol–water partition coefficient (Wildman–Crippen LogP) is 6.69. The first-order valence-electron chi connectivity index (χ1n) is 13.3. The quantitative estimate of drug-likeness (QED) is 0.348. The number of thioether (sulfide) groups is 1. The summed E-state index contributed by atoms with van der Waals surface area (Å²) in [6, 6.07) is 10.3. The topological polar surface area (TPSA) is 49.2 Å². The van der Waals surface area contributed by atoms with Crippen molar-refractivity contribution in [2.75, 3.05) is 24.6 Å². The van der Waals surface area contributed by atoms with E-state index in [0.29, 0.717) is 11.8 Å². The van der Waals surface area contributed by atoms with Crippen LogP contribution in [0.1, 0.15) is 73.9 Å². The molecule has 6 rings (SSSR count). The molecule has 0 bridgehead atoms. The number of benzene rings is 1. The van der Waals surface area contributed by atoms with Gasteiger partial charge < -0.3 is 9.88 Å². The molecule has 5 nitrogen and oxygen atoms in total. The van der Waals surface area contributed by atoms with Gasteiger partial charge in [0.15, 0.2) is 5.65 Å². The summed E-state index contributed by atoms with van der Waals surface area (Å²) in [6.45, 7) is 11.2. The molecule has 0 atom stereocenters. The molecule has 2 saturated heterocycles. The second kappa shape index (κ2) is 9.29. The van der Waals surface area contributed by atoms with Crippen molar-refractivity contribution in [3.8, 4) is 11.3 Å². The standard InChI is InChI=1S/C29H37N5S/c1-18(2)27-25-16-22(21-7-11-33(12-8-21)24-9-13-35-14-10-24)5-6-26(25)31-28(27)23-15-19(3)29-30-20(4)32-34(29)17-23/h5-6,15-18,21,24,31H,7-14H2,1-4H3. The molecular weight excluding hydrogens is 450 g/mol. The van der Waals surface area contributed by atoms with Crippen LogP contribution in [-0.2, 0) is 0 Å². The van der Waals surface area contributed by atoms with Crippen molar-refractivity contribution < 1.29 is 0 Å². The molecular formula is C29H37N5S. The Labute approximate surface area is 212 Å².